The third-order valence-corrected chi connectivity index (χ3v) is 3.19. The van der Waals surface area contributed by atoms with Gasteiger partial charge in [-0.05, 0) is 26.5 Å². The number of nitrogens with two attached hydrogens (primary N) is 1. The first-order valence-corrected chi connectivity index (χ1v) is 6.21. The Morgan fingerprint density at radius 3 is 2.71 bits per heavy atom. The number of nitrogen functional groups attached to an aromatic ring is 1. The van der Waals surface area contributed by atoms with Crippen molar-refractivity contribution in [3.63, 3.8) is 0 Å². The fraction of sp³-hybridized carbons (Fsp3) is 0.571. The molecule has 0 aliphatic carbocycles. The zero-order valence-corrected chi connectivity index (χ0v) is 11.4. The lowest BCUT2D eigenvalue weighted by Gasteiger charge is -2.25. The van der Waals surface area contributed by atoms with Crippen LogP contribution in [0.5, 0.6) is 5.75 Å². The van der Waals surface area contributed by atoms with Gasteiger partial charge in [0, 0.05) is 29.9 Å². The maximum absolute atomic E-state index is 5.75. The number of hydrogen-bond acceptors (Lipinski definition) is 3. The van der Waals surface area contributed by atoms with Gasteiger partial charge in [-0.15, -0.1) is 0 Å². The zero-order valence-electron chi connectivity index (χ0n) is 11.4. The summed E-state index contributed by atoms with van der Waals surface area (Å²) >= 11 is 0. The number of anilines is 1. The molecule has 0 saturated carbocycles. The van der Waals surface area contributed by atoms with Crippen LogP contribution in [-0.2, 0) is 6.54 Å². The van der Waals surface area contributed by atoms with Gasteiger partial charge in [0.1, 0.15) is 5.75 Å². The lowest BCUT2D eigenvalue weighted by Crippen LogP contribution is -2.28. The molecule has 1 unspecified atom stereocenters. The zero-order chi connectivity index (χ0) is 12.8. The number of rotatable bonds is 6. The summed E-state index contributed by atoms with van der Waals surface area (Å²) in [5.74, 6) is 0.876. The first kappa shape index (κ1) is 13.8. The Kier molecular flexibility index (Phi) is 5.29. The van der Waals surface area contributed by atoms with Crippen LogP contribution in [-0.4, -0.2) is 25.1 Å². The highest BCUT2D eigenvalue weighted by atomic mass is 16.5. The third-order valence-electron chi connectivity index (χ3n) is 3.19. The average Bonchev–Trinajstić information content (AvgIpc) is 2.31. The molecule has 0 spiro atoms. The number of hydrogen-bond donors (Lipinski definition) is 1. The van der Waals surface area contributed by atoms with Crippen LogP contribution in [0.1, 0.15) is 32.3 Å². The highest BCUT2D eigenvalue weighted by Gasteiger charge is 2.11. The number of nitrogens with zero attached hydrogens (tertiary/aromatic N) is 1. The first-order valence-electron chi connectivity index (χ1n) is 6.21. The maximum atomic E-state index is 5.75. The van der Waals surface area contributed by atoms with Gasteiger partial charge in [0.05, 0.1) is 7.11 Å². The van der Waals surface area contributed by atoms with Crippen LogP contribution in [0.2, 0.25) is 0 Å². The van der Waals surface area contributed by atoms with Crippen molar-refractivity contribution in [1.82, 2.24) is 4.90 Å². The quantitative estimate of drug-likeness (QED) is 0.772. The Balaban J connectivity index is 2.73. The Labute approximate surface area is 105 Å². The molecule has 96 valence electrons. The van der Waals surface area contributed by atoms with Gasteiger partial charge in [-0.2, -0.15) is 0 Å². The van der Waals surface area contributed by atoms with Crippen LogP contribution in [0.25, 0.3) is 0 Å². The molecule has 1 aromatic carbocycles. The van der Waals surface area contributed by atoms with Crippen LogP contribution < -0.4 is 10.5 Å². The van der Waals surface area contributed by atoms with Gasteiger partial charge in [0.15, 0.2) is 0 Å². The minimum atomic E-state index is 0.585. The molecule has 0 heterocycles. The fourth-order valence-corrected chi connectivity index (χ4v) is 1.95. The fourth-order valence-electron chi connectivity index (χ4n) is 1.95. The molecule has 1 atom stereocenters. The summed E-state index contributed by atoms with van der Waals surface area (Å²) < 4.78 is 5.36. The largest absolute Gasteiger partial charge is 0.496 e. The Bertz CT molecular complexity index is 352. The SMILES string of the molecule is CCCC(C)N(C)Cc1ccc(N)cc1OC. The van der Waals surface area contributed by atoms with E-state index < -0.39 is 0 Å². The van der Waals surface area contributed by atoms with Gasteiger partial charge in [-0.25, -0.2) is 0 Å². The summed E-state index contributed by atoms with van der Waals surface area (Å²) in [6.45, 7) is 5.37. The molecule has 17 heavy (non-hydrogen) atoms. The van der Waals surface area contributed by atoms with Gasteiger partial charge < -0.3 is 10.5 Å². The maximum Gasteiger partial charge on any atom is 0.125 e. The van der Waals surface area contributed by atoms with Gasteiger partial charge in [0.2, 0.25) is 0 Å². The Hall–Kier alpha value is -1.22. The minimum Gasteiger partial charge on any atom is -0.496 e. The van der Waals surface area contributed by atoms with Crippen LogP contribution in [0.4, 0.5) is 5.69 Å². The van der Waals surface area contributed by atoms with Crippen LogP contribution in [0, 0.1) is 0 Å². The van der Waals surface area contributed by atoms with Crippen molar-refractivity contribution in [3.05, 3.63) is 23.8 Å². The second-order valence-corrected chi connectivity index (χ2v) is 4.62. The topological polar surface area (TPSA) is 38.5 Å². The number of benzene rings is 1. The van der Waals surface area contributed by atoms with Crippen molar-refractivity contribution in [2.24, 2.45) is 0 Å². The molecular weight excluding hydrogens is 212 g/mol. The minimum absolute atomic E-state index is 0.585. The normalized spacial score (nSPS) is 12.8. The van der Waals surface area contributed by atoms with Crippen LogP contribution >= 0.6 is 0 Å². The summed E-state index contributed by atoms with van der Waals surface area (Å²) in [5.41, 5.74) is 7.68. The number of methoxy groups -OCH3 is 1. The summed E-state index contributed by atoms with van der Waals surface area (Å²) in [6.07, 6.45) is 2.43. The molecule has 3 heteroatoms. The van der Waals surface area contributed by atoms with Gasteiger partial charge in [-0.1, -0.05) is 19.4 Å². The molecule has 3 nitrogen and oxygen atoms in total. The molecule has 0 aromatic heterocycles. The molecule has 0 amide bonds. The molecule has 0 aliphatic heterocycles. The van der Waals surface area contributed by atoms with Crippen molar-refractivity contribution >= 4 is 5.69 Å². The Morgan fingerprint density at radius 1 is 1.41 bits per heavy atom. The number of ether oxygens (including phenoxy) is 1. The van der Waals surface area contributed by atoms with E-state index in [1.807, 2.05) is 18.2 Å². The molecule has 1 rings (SSSR count). The van der Waals surface area contributed by atoms with Crippen molar-refractivity contribution in [2.75, 3.05) is 19.9 Å². The Morgan fingerprint density at radius 2 is 2.12 bits per heavy atom. The summed E-state index contributed by atoms with van der Waals surface area (Å²) in [7, 11) is 3.84. The second kappa shape index (κ2) is 6.50. The van der Waals surface area contributed by atoms with E-state index in [0.29, 0.717) is 6.04 Å². The lowest BCUT2D eigenvalue weighted by molar-refractivity contribution is 0.233. The van der Waals surface area contributed by atoms with E-state index in [2.05, 4.69) is 25.8 Å². The van der Waals surface area contributed by atoms with E-state index in [1.54, 1.807) is 7.11 Å². The van der Waals surface area contributed by atoms with E-state index in [0.717, 1.165) is 18.0 Å². The van der Waals surface area contributed by atoms with E-state index in [4.69, 9.17) is 10.5 Å². The predicted molar refractivity (Wildman–Crippen MR) is 73.2 cm³/mol. The lowest BCUT2D eigenvalue weighted by atomic mass is 10.1. The highest BCUT2D eigenvalue weighted by Crippen LogP contribution is 2.23. The average molecular weight is 236 g/mol. The predicted octanol–water partition coefficient (Wildman–Crippen LogP) is 2.90. The molecule has 0 saturated heterocycles. The van der Waals surface area contributed by atoms with E-state index in [1.165, 1.54) is 18.4 Å². The highest BCUT2D eigenvalue weighted by molar-refractivity contribution is 5.48. The van der Waals surface area contributed by atoms with Gasteiger partial charge >= 0.3 is 0 Å². The van der Waals surface area contributed by atoms with Crippen molar-refractivity contribution < 1.29 is 4.74 Å². The van der Waals surface area contributed by atoms with Gasteiger partial charge in [0.25, 0.3) is 0 Å². The molecule has 2 N–H and O–H groups in total. The van der Waals surface area contributed by atoms with E-state index in [-0.39, 0.29) is 0 Å². The molecule has 0 bridgehead atoms. The second-order valence-electron chi connectivity index (χ2n) is 4.62. The van der Waals surface area contributed by atoms with Crippen LogP contribution in [0.3, 0.4) is 0 Å². The van der Waals surface area contributed by atoms with Crippen molar-refractivity contribution in [1.29, 1.82) is 0 Å². The van der Waals surface area contributed by atoms with E-state index in [9.17, 15) is 0 Å². The van der Waals surface area contributed by atoms with Crippen molar-refractivity contribution in [2.45, 2.75) is 39.3 Å². The van der Waals surface area contributed by atoms with Crippen LogP contribution in [0.15, 0.2) is 18.2 Å². The smallest absolute Gasteiger partial charge is 0.125 e. The summed E-state index contributed by atoms with van der Waals surface area (Å²) in [4.78, 5) is 2.34. The van der Waals surface area contributed by atoms with Gasteiger partial charge in [-0.3, -0.25) is 4.90 Å². The van der Waals surface area contributed by atoms with Crippen molar-refractivity contribution in [3.8, 4) is 5.75 Å². The monoisotopic (exact) mass is 236 g/mol. The molecule has 0 radical (unpaired) electrons. The standard InChI is InChI=1S/C14H24N2O/c1-5-6-11(2)16(3)10-12-7-8-13(15)9-14(12)17-4/h7-9,11H,5-6,10,15H2,1-4H3. The summed E-state index contributed by atoms with van der Waals surface area (Å²) in [5, 5.41) is 0. The first-order chi connectivity index (χ1) is 8.08. The molecule has 0 aliphatic rings. The van der Waals surface area contributed by atoms with E-state index >= 15 is 0 Å². The molecule has 1 aromatic rings. The summed E-state index contributed by atoms with van der Waals surface area (Å²) in [6, 6.07) is 6.44. The molecule has 0 fully saturated rings. The molecular formula is C14H24N2O. The third kappa shape index (κ3) is 3.93.